The maximum atomic E-state index is 12.1. The number of hydrogen-bond donors (Lipinski definition) is 2. The van der Waals surface area contributed by atoms with Crippen LogP contribution in [0.2, 0.25) is 0 Å². The summed E-state index contributed by atoms with van der Waals surface area (Å²) in [4.78, 5) is 0. The molecule has 1 aliphatic rings. The molecule has 0 aliphatic carbocycles. The molecule has 1 saturated heterocycles. The molecule has 1 unspecified atom stereocenters. The van der Waals surface area contributed by atoms with E-state index in [2.05, 4.69) is 0 Å². The minimum absolute atomic E-state index is 0.0703. The Balaban J connectivity index is 2.59. The molecule has 1 fully saturated rings. The van der Waals surface area contributed by atoms with Crippen molar-refractivity contribution in [1.82, 2.24) is 0 Å². The maximum Gasteiger partial charge on any atom is 0.389 e. The van der Waals surface area contributed by atoms with Crippen molar-refractivity contribution in [3.63, 3.8) is 0 Å². The third-order valence-electron chi connectivity index (χ3n) is 4.11. The van der Waals surface area contributed by atoms with Gasteiger partial charge in [0.2, 0.25) is 0 Å². The SMILES string of the molecule is CC(O)(CCCC(F)(F)F)C1(CN)CCOCC1. The lowest BCUT2D eigenvalue weighted by molar-refractivity contribution is -0.148. The van der Waals surface area contributed by atoms with Gasteiger partial charge in [-0.05, 0) is 32.6 Å². The molecular formula is C12H22F3NO2. The van der Waals surface area contributed by atoms with E-state index >= 15 is 0 Å². The van der Waals surface area contributed by atoms with Crippen LogP contribution in [0, 0.1) is 5.41 Å². The average Bonchev–Trinajstić information content (AvgIpc) is 2.27. The molecule has 0 aromatic heterocycles. The molecule has 0 saturated carbocycles. The third kappa shape index (κ3) is 3.83. The third-order valence-corrected chi connectivity index (χ3v) is 4.11. The largest absolute Gasteiger partial charge is 0.390 e. The first kappa shape index (κ1) is 15.7. The summed E-state index contributed by atoms with van der Waals surface area (Å²) in [5.74, 6) is 0. The van der Waals surface area contributed by atoms with Gasteiger partial charge >= 0.3 is 6.18 Å². The highest BCUT2D eigenvalue weighted by Gasteiger charge is 2.46. The van der Waals surface area contributed by atoms with Gasteiger partial charge in [-0.3, -0.25) is 0 Å². The zero-order valence-corrected chi connectivity index (χ0v) is 10.7. The second-order valence-corrected chi connectivity index (χ2v) is 5.34. The number of halogens is 3. The molecular weight excluding hydrogens is 247 g/mol. The molecule has 108 valence electrons. The Hall–Kier alpha value is -0.330. The molecule has 1 atom stereocenters. The quantitative estimate of drug-likeness (QED) is 0.804. The fourth-order valence-corrected chi connectivity index (χ4v) is 2.62. The van der Waals surface area contributed by atoms with Gasteiger partial charge in [0.1, 0.15) is 0 Å². The Morgan fingerprint density at radius 3 is 2.22 bits per heavy atom. The van der Waals surface area contributed by atoms with Crippen LogP contribution in [0.25, 0.3) is 0 Å². The fourth-order valence-electron chi connectivity index (χ4n) is 2.62. The van der Waals surface area contributed by atoms with Crippen molar-refractivity contribution in [3.05, 3.63) is 0 Å². The molecule has 1 rings (SSSR count). The summed E-state index contributed by atoms with van der Waals surface area (Å²) in [6, 6.07) is 0. The first-order valence-corrected chi connectivity index (χ1v) is 6.29. The van der Waals surface area contributed by atoms with Gasteiger partial charge in [0.05, 0.1) is 5.60 Å². The zero-order chi connectivity index (χ0) is 13.9. The summed E-state index contributed by atoms with van der Waals surface area (Å²) in [7, 11) is 0. The fraction of sp³-hybridized carbons (Fsp3) is 1.00. The van der Waals surface area contributed by atoms with Crippen LogP contribution in [0.3, 0.4) is 0 Å². The molecule has 1 aliphatic heterocycles. The van der Waals surface area contributed by atoms with Crippen LogP contribution in [0.1, 0.15) is 39.0 Å². The van der Waals surface area contributed by atoms with Crippen LogP contribution in [0.4, 0.5) is 13.2 Å². The lowest BCUT2D eigenvalue weighted by atomic mass is 9.65. The van der Waals surface area contributed by atoms with Gasteiger partial charge in [-0.15, -0.1) is 0 Å². The van der Waals surface area contributed by atoms with E-state index in [9.17, 15) is 18.3 Å². The molecule has 0 amide bonds. The minimum Gasteiger partial charge on any atom is -0.390 e. The van der Waals surface area contributed by atoms with Crippen LogP contribution in [0.5, 0.6) is 0 Å². The Bertz CT molecular complexity index is 261. The van der Waals surface area contributed by atoms with Gasteiger partial charge in [-0.2, -0.15) is 13.2 Å². The van der Waals surface area contributed by atoms with Crippen LogP contribution >= 0.6 is 0 Å². The lowest BCUT2D eigenvalue weighted by Gasteiger charge is -2.47. The monoisotopic (exact) mass is 269 g/mol. The highest BCUT2D eigenvalue weighted by atomic mass is 19.4. The van der Waals surface area contributed by atoms with Gasteiger partial charge in [-0.25, -0.2) is 0 Å². The van der Waals surface area contributed by atoms with E-state index in [1.807, 2.05) is 0 Å². The molecule has 18 heavy (non-hydrogen) atoms. The summed E-state index contributed by atoms with van der Waals surface area (Å²) in [5.41, 5.74) is 4.06. The number of aliphatic hydroxyl groups is 1. The average molecular weight is 269 g/mol. The molecule has 0 spiro atoms. The van der Waals surface area contributed by atoms with Crippen LogP contribution < -0.4 is 5.73 Å². The van der Waals surface area contributed by atoms with E-state index in [1.165, 1.54) is 0 Å². The van der Waals surface area contributed by atoms with Gasteiger partial charge < -0.3 is 15.6 Å². The molecule has 0 radical (unpaired) electrons. The van der Waals surface area contributed by atoms with E-state index in [0.717, 1.165) is 0 Å². The normalized spacial score (nSPS) is 23.7. The Kier molecular flexibility index (Phi) is 5.03. The predicted octanol–water partition coefficient (Wildman–Crippen LogP) is 2.23. The second-order valence-electron chi connectivity index (χ2n) is 5.34. The number of rotatable bonds is 5. The molecule has 6 heteroatoms. The predicted molar refractivity (Wildman–Crippen MR) is 62.1 cm³/mol. The van der Waals surface area contributed by atoms with Crippen molar-refractivity contribution in [3.8, 4) is 0 Å². The lowest BCUT2D eigenvalue weighted by Crippen LogP contribution is -2.53. The van der Waals surface area contributed by atoms with Gasteiger partial charge in [0, 0.05) is 31.6 Å². The van der Waals surface area contributed by atoms with Crippen LogP contribution in [-0.4, -0.2) is 36.6 Å². The molecule has 0 aromatic rings. The molecule has 1 heterocycles. The molecule has 3 N–H and O–H groups in total. The van der Waals surface area contributed by atoms with Gasteiger partial charge in [0.15, 0.2) is 0 Å². The smallest absolute Gasteiger partial charge is 0.389 e. The minimum atomic E-state index is -4.17. The van der Waals surface area contributed by atoms with Crippen molar-refractivity contribution in [2.24, 2.45) is 11.1 Å². The van der Waals surface area contributed by atoms with Gasteiger partial charge in [-0.1, -0.05) is 0 Å². The van der Waals surface area contributed by atoms with Crippen molar-refractivity contribution in [2.45, 2.75) is 50.8 Å². The topological polar surface area (TPSA) is 55.5 Å². The summed E-state index contributed by atoms with van der Waals surface area (Å²) in [5, 5.41) is 10.5. The number of alkyl halides is 3. The zero-order valence-electron chi connectivity index (χ0n) is 10.7. The van der Waals surface area contributed by atoms with Gasteiger partial charge in [0.25, 0.3) is 0 Å². The van der Waals surface area contributed by atoms with E-state index in [0.29, 0.717) is 26.1 Å². The first-order valence-electron chi connectivity index (χ1n) is 6.29. The number of hydrogen-bond acceptors (Lipinski definition) is 3. The summed E-state index contributed by atoms with van der Waals surface area (Å²) < 4.78 is 41.6. The molecule has 0 bridgehead atoms. The Labute approximate surface area is 105 Å². The second kappa shape index (κ2) is 5.75. The summed E-state index contributed by atoms with van der Waals surface area (Å²) in [6.45, 7) is 2.89. The Morgan fingerprint density at radius 1 is 1.22 bits per heavy atom. The van der Waals surface area contributed by atoms with Crippen molar-refractivity contribution in [1.29, 1.82) is 0 Å². The van der Waals surface area contributed by atoms with Crippen molar-refractivity contribution >= 4 is 0 Å². The van der Waals surface area contributed by atoms with E-state index in [4.69, 9.17) is 10.5 Å². The standard InChI is InChI=1S/C12H22F3NO2/c1-10(17,3-2-4-12(13,14)15)11(9-16)5-7-18-8-6-11/h17H,2-9,16H2,1H3. The van der Waals surface area contributed by atoms with Crippen molar-refractivity contribution < 1.29 is 23.0 Å². The molecule has 0 aromatic carbocycles. The number of nitrogens with two attached hydrogens (primary N) is 1. The van der Waals surface area contributed by atoms with Crippen LogP contribution in [0.15, 0.2) is 0 Å². The van der Waals surface area contributed by atoms with Crippen LogP contribution in [-0.2, 0) is 4.74 Å². The van der Waals surface area contributed by atoms with E-state index < -0.39 is 23.6 Å². The summed E-state index contributed by atoms with van der Waals surface area (Å²) >= 11 is 0. The Morgan fingerprint density at radius 2 is 1.78 bits per heavy atom. The van der Waals surface area contributed by atoms with Crippen molar-refractivity contribution in [2.75, 3.05) is 19.8 Å². The molecule has 3 nitrogen and oxygen atoms in total. The number of ether oxygens (including phenoxy) is 1. The maximum absolute atomic E-state index is 12.1. The summed E-state index contributed by atoms with van der Waals surface area (Å²) in [6.07, 6.45) is -3.78. The van der Waals surface area contributed by atoms with E-state index in [1.54, 1.807) is 6.92 Å². The highest BCUT2D eigenvalue weighted by molar-refractivity contribution is 4.98. The first-order chi connectivity index (χ1) is 8.22. The van der Waals surface area contributed by atoms with E-state index in [-0.39, 0.29) is 19.4 Å². The highest BCUT2D eigenvalue weighted by Crippen LogP contribution is 2.43.